The summed E-state index contributed by atoms with van der Waals surface area (Å²) in [5.41, 5.74) is 0.780. The first kappa shape index (κ1) is 11.5. The van der Waals surface area contributed by atoms with Crippen molar-refractivity contribution in [1.82, 2.24) is 5.32 Å². The van der Waals surface area contributed by atoms with E-state index in [1.165, 1.54) is 25.0 Å². The van der Waals surface area contributed by atoms with Crippen LogP contribution in [0.3, 0.4) is 0 Å². The van der Waals surface area contributed by atoms with Gasteiger partial charge in [-0.15, -0.1) is 0 Å². The Bertz CT molecular complexity index is 386. The highest BCUT2D eigenvalue weighted by atomic mass is 19.1. The first-order valence-corrected chi connectivity index (χ1v) is 5.68. The molecule has 0 amide bonds. The number of benzene rings is 1. The lowest BCUT2D eigenvalue weighted by atomic mass is 10.1. The Balaban J connectivity index is 2.01. The van der Waals surface area contributed by atoms with Crippen LogP contribution in [0.5, 0.6) is 0 Å². The summed E-state index contributed by atoms with van der Waals surface area (Å²) in [6.07, 6.45) is 2.44. The first-order valence-electron chi connectivity index (χ1n) is 5.68. The third-order valence-electron chi connectivity index (χ3n) is 3.36. The molecule has 1 atom stereocenters. The molecule has 1 aliphatic rings. The lowest BCUT2D eigenvalue weighted by Gasteiger charge is -2.18. The van der Waals surface area contributed by atoms with E-state index < -0.39 is 0 Å². The largest absolute Gasteiger partial charge is 0.310 e. The van der Waals surface area contributed by atoms with E-state index in [-0.39, 0.29) is 17.7 Å². The van der Waals surface area contributed by atoms with E-state index in [0.717, 1.165) is 12.6 Å². The fraction of sp³-hybridized carbons (Fsp3) is 0.538. The Morgan fingerprint density at radius 3 is 2.69 bits per heavy atom. The van der Waals surface area contributed by atoms with Crippen molar-refractivity contribution >= 4 is 0 Å². The average Bonchev–Trinajstić information content (AvgIpc) is 2.97. The molecule has 2 rings (SSSR count). The van der Waals surface area contributed by atoms with Crippen LogP contribution < -0.4 is 5.32 Å². The highest BCUT2D eigenvalue weighted by Gasteiger charge is 2.37. The van der Waals surface area contributed by atoms with Gasteiger partial charge in [-0.05, 0) is 43.4 Å². The molecule has 0 radical (unpaired) electrons. The Labute approximate surface area is 94.9 Å². The van der Waals surface area contributed by atoms with Crippen LogP contribution in [0.2, 0.25) is 0 Å². The topological polar surface area (TPSA) is 12.0 Å². The maximum absolute atomic E-state index is 13.4. The Morgan fingerprint density at radius 1 is 1.38 bits per heavy atom. The zero-order valence-corrected chi connectivity index (χ0v) is 9.69. The van der Waals surface area contributed by atoms with Gasteiger partial charge in [0.25, 0.3) is 0 Å². The molecule has 0 aromatic heterocycles. The van der Waals surface area contributed by atoms with Crippen molar-refractivity contribution < 1.29 is 8.78 Å². The minimum Gasteiger partial charge on any atom is -0.310 e. The summed E-state index contributed by atoms with van der Waals surface area (Å²) in [7, 11) is 0. The van der Waals surface area contributed by atoms with Crippen LogP contribution in [0, 0.1) is 17.0 Å². The lowest BCUT2D eigenvalue weighted by molar-refractivity contribution is 0.444. The second kappa shape index (κ2) is 4.13. The first-order chi connectivity index (χ1) is 7.50. The van der Waals surface area contributed by atoms with Gasteiger partial charge in [0, 0.05) is 18.2 Å². The predicted molar refractivity (Wildman–Crippen MR) is 60.1 cm³/mol. The normalized spacial score (nSPS) is 19.5. The predicted octanol–water partition coefficient (Wildman–Crippen LogP) is 3.42. The molecule has 1 aliphatic carbocycles. The number of hydrogen-bond acceptors (Lipinski definition) is 1. The van der Waals surface area contributed by atoms with Crippen LogP contribution in [0.4, 0.5) is 8.78 Å². The molecule has 0 saturated heterocycles. The summed E-state index contributed by atoms with van der Waals surface area (Å²) >= 11 is 0. The van der Waals surface area contributed by atoms with Crippen molar-refractivity contribution in [3.8, 4) is 0 Å². The third kappa shape index (κ3) is 2.59. The van der Waals surface area contributed by atoms with Crippen LogP contribution in [0.1, 0.15) is 38.3 Å². The number of nitrogens with one attached hydrogen (secondary N) is 1. The quantitative estimate of drug-likeness (QED) is 0.828. The fourth-order valence-electron chi connectivity index (χ4n) is 1.75. The Hall–Kier alpha value is -0.960. The van der Waals surface area contributed by atoms with Gasteiger partial charge in [0.15, 0.2) is 0 Å². The molecule has 1 saturated carbocycles. The molecule has 1 N–H and O–H groups in total. The van der Waals surface area contributed by atoms with Crippen LogP contribution >= 0.6 is 0 Å². The zero-order chi connectivity index (χ0) is 11.8. The molecule has 0 bridgehead atoms. The molecule has 1 nitrogen and oxygen atoms in total. The second-order valence-electron chi connectivity index (χ2n) is 5.08. The van der Waals surface area contributed by atoms with E-state index in [0.29, 0.717) is 11.0 Å². The van der Waals surface area contributed by atoms with Crippen LogP contribution in [-0.2, 0) is 0 Å². The molecule has 0 spiro atoms. The SMILES string of the molecule is CC(NCC1(C)CC1)c1cc(F)ccc1F. The van der Waals surface area contributed by atoms with E-state index in [2.05, 4.69) is 12.2 Å². The summed E-state index contributed by atoms with van der Waals surface area (Å²) < 4.78 is 26.4. The van der Waals surface area contributed by atoms with Gasteiger partial charge in [-0.2, -0.15) is 0 Å². The Morgan fingerprint density at radius 2 is 2.06 bits per heavy atom. The zero-order valence-electron chi connectivity index (χ0n) is 9.69. The van der Waals surface area contributed by atoms with Crippen LogP contribution in [0.15, 0.2) is 18.2 Å². The minimum atomic E-state index is -0.386. The van der Waals surface area contributed by atoms with Crippen LogP contribution in [-0.4, -0.2) is 6.54 Å². The van der Waals surface area contributed by atoms with Crippen molar-refractivity contribution in [2.24, 2.45) is 5.41 Å². The van der Waals surface area contributed by atoms with E-state index in [1.54, 1.807) is 0 Å². The summed E-state index contributed by atoms with van der Waals surface area (Å²) in [6.45, 7) is 4.93. The number of halogens is 2. The standard InChI is InChI=1S/C13H17F2N/c1-9(16-8-13(2)5-6-13)11-7-10(14)3-4-12(11)15/h3-4,7,9,16H,5-6,8H2,1-2H3. The monoisotopic (exact) mass is 225 g/mol. The molecule has 0 aliphatic heterocycles. The van der Waals surface area contributed by atoms with Gasteiger partial charge in [-0.25, -0.2) is 8.78 Å². The van der Waals surface area contributed by atoms with Gasteiger partial charge < -0.3 is 5.32 Å². The van der Waals surface area contributed by atoms with Gasteiger partial charge in [-0.3, -0.25) is 0 Å². The van der Waals surface area contributed by atoms with Crippen molar-refractivity contribution in [2.75, 3.05) is 6.54 Å². The molecule has 1 aromatic rings. The minimum absolute atomic E-state index is 0.145. The maximum atomic E-state index is 13.4. The lowest BCUT2D eigenvalue weighted by Crippen LogP contribution is -2.25. The van der Waals surface area contributed by atoms with Gasteiger partial charge in [-0.1, -0.05) is 6.92 Å². The molecule has 88 valence electrons. The third-order valence-corrected chi connectivity index (χ3v) is 3.36. The van der Waals surface area contributed by atoms with Crippen molar-refractivity contribution in [2.45, 2.75) is 32.7 Å². The molecular weight excluding hydrogens is 208 g/mol. The Kier molecular flexibility index (Phi) is 2.98. The van der Waals surface area contributed by atoms with Crippen molar-refractivity contribution in [3.05, 3.63) is 35.4 Å². The molecule has 1 fully saturated rings. The van der Waals surface area contributed by atoms with Crippen molar-refractivity contribution in [3.63, 3.8) is 0 Å². The summed E-state index contributed by atoms with van der Waals surface area (Å²) in [5, 5.41) is 3.26. The van der Waals surface area contributed by atoms with Crippen LogP contribution in [0.25, 0.3) is 0 Å². The highest BCUT2D eigenvalue weighted by molar-refractivity contribution is 5.21. The molecule has 0 heterocycles. The maximum Gasteiger partial charge on any atom is 0.128 e. The average molecular weight is 225 g/mol. The van der Waals surface area contributed by atoms with E-state index in [4.69, 9.17) is 0 Å². The molecular formula is C13H17F2N. The smallest absolute Gasteiger partial charge is 0.128 e. The molecule has 16 heavy (non-hydrogen) atoms. The van der Waals surface area contributed by atoms with Crippen molar-refractivity contribution in [1.29, 1.82) is 0 Å². The van der Waals surface area contributed by atoms with E-state index in [1.807, 2.05) is 6.92 Å². The summed E-state index contributed by atoms with van der Waals surface area (Å²) in [5.74, 6) is -0.731. The fourth-order valence-corrected chi connectivity index (χ4v) is 1.75. The van der Waals surface area contributed by atoms with Gasteiger partial charge in [0.2, 0.25) is 0 Å². The van der Waals surface area contributed by atoms with E-state index in [9.17, 15) is 8.78 Å². The molecule has 3 heteroatoms. The highest BCUT2D eigenvalue weighted by Crippen LogP contribution is 2.44. The number of hydrogen-bond donors (Lipinski definition) is 1. The van der Waals surface area contributed by atoms with Gasteiger partial charge in [0.05, 0.1) is 0 Å². The van der Waals surface area contributed by atoms with Gasteiger partial charge >= 0.3 is 0 Å². The molecule has 1 aromatic carbocycles. The van der Waals surface area contributed by atoms with Gasteiger partial charge in [0.1, 0.15) is 11.6 Å². The second-order valence-corrected chi connectivity index (χ2v) is 5.08. The van der Waals surface area contributed by atoms with E-state index >= 15 is 0 Å². The summed E-state index contributed by atoms with van der Waals surface area (Å²) in [6, 6.07) is 3.45. The number of rotatable bonds is 4. The summed E-state index contributed by atoms with van der Waals surface area (Å²) in [4.78, 5) is 0. The molecule has 1 unspecified atom stereocenters.